The first-order chi connectivity index (χ1) is 13.7. The molecule has 1 heterocycles. The third-order valence-corrected chi connectivity index (χ3v) is 7.20. The van der Waals surface area contributed by atoms with Crippen molar-refractivity contribution in [1.82, 2.24) is 9.62 Å². The maximum atomic E-state index is 14.0. The van der Waals surface area contributed by atoms with Gasteiger partial charge in [0.2, 0.25) is 10.0 Å². The molecule has 8 heteroatoms. The van der Waals surface area contributed by atoms with Gasteiger partial charge in [-0.3, -0.25) is 4.79 Å². The van der Waals surface area contributed by atoms with Gasteiger partial charge in [-0.15, -0.1) is 0 Å². The number of nitrogens with zero attached hydrogens (tertiary/aromatic N) is 1. The second-order valence-corrected chi connectivity index (χ2v) is 9.21. The molecule has 1 saturated heterocycles. The lowest BCUT2D eigenvalue weighted by atomic mass is 10.1. The minimum atomic E-state index is -3.69. The molecule has 1 aliphatic rings. The van der Waals surface area contributed by atoms with Crippen LogP contribution in [0.25, 0.3) is 0 Å². The second-order valence-electron chi connectivity index (χ2n) is 7.31. The van der Waals surface area contributed by atoms with Crippen LogP contribution in [0, 0.1) is 18.6 Å². The van der Waals surface area contributed by atoms with Crippen molar-refractivity contribution in [3.8, 4) is 0 Å². The highest BCUT2D eigenvalue weighted by Crippen LogP contribution is 2.25. The van der Waals surface area contributed by atoms with Gasteiger partial charge in [-0.1, -0.05) is 18.6 Å². The summed E-state index contributed by atoms with van der Waals surface area (Å²) in [4.78, 5) is 12.8. The minimum absolute atomic E-state index is 0.104. The maximum Gasteiger partial charge on any atom is 0.251 e. The van der Waals surface area contributed by atoms with Gasteiger partial charge in [0.1, 0.15) is 11.6 Å². The molecule has 3 rings (SSSR count). The van der Waals surface area contributed by atoms with E-state index >= 15 is 0 Å². The van der Waals surface area contributed by atoms with E-state index < -0.39 is 33.6 Å². The number of halogens is 2. The van der Waals surface area contributed by atoms with Crippen LogP contribution >= 0.6 is 0 Å². The fraction of sp³-hybridized carbons (Fsp3) is 0.381. The third kappa shape index (κ3) is 4.64. The minimum Gasteiger partial charge on any atom is -0.345 e. The van der Waals surface area contributed by atoms with Gasteiger partial charge in [-0.2, -0.15) is 4.31 Å². The second kappa shape index (κ2) is 8.59. The van der Waals surface area contributed by atoms with E-state index in [0.29, 0.717) is 18.7 Å². The van der Waals surface area contributed by atoms with Gasteiger partial charge in [-0.25, -0.2) is 17.2 Å². The average Bonchev–Trinajstić information content (AvgIpc) is 2.68. The molecule has 1 unspecified atom stereocenters. The van der Waals surface area contributed by atoms with Crippen molar-refractivity contribution >= 4 is 15.9 Å². The Balaban J connectivity index is 1.84. The molecule has 0 saturated carbocycles. The van der Waals surface area contributed by atoms with Crippen LogP contribution in [0.2, 0.25) is 0 Å². The molecule has 0 bridgehead atoms. The summed E-state index contributed by atoms with van der Waals surface area (Å²) in [5, 5.41) is 2.64. The number of carbonyl (C=O) groups excluding carboxylic acids is 1. The fourth-order valence-corrected chi connectivity index (χ4v) is 5.24. The number of sulfonamides is 1. The predicted molar refractivity (Wildman–Crippen MR) is 106 cm³/mol. The summed E-state index contributed by atoms with van der Waals surface area (Å²) in [5.41, 5.74) is 0.873. The molecule has 29 heavy (non-hydrogen) atoms. The zero-order valence-corrected chi connectivity index (χ0v) is 17.2. The van der Waals surface area contributed by atoms with Crippen LogP contribution in [0.5, 0.6) is 0 Å². The van der Waals surface area contributed by atoms with Crippen LogP contribution < -0.4 is 5.32 Å². The van der Waals surface area contributed by atoms with Crippen molar-refractivity contribution in [2.45, 2.75) is 44.0 Å². The molecule has 1 aliphatic heterocycles. The Kier molecular flexibility index (Phi) is 6.33. The molecule has 1 fully saturated rings. The van der Waals surface area contributed by atoms with Crippen molar-refractivity contribution in [1.29, 1.82) is 0 Å². The van der Waals surface area contributed by atoms with Crippen molar-refractivity contribution in [3.05, 3.63) is 64.7 Å². The largest absolute Gasteiger partial charge is 0.345 e. The van der Waals surface area contributed by atoms with Crippen molar-refractivity contribution in [2.75, 3.05) is 13.1 Å². The van der Waals surface area contributed by atoms with Crippen molar-refractivity contribution in [3.63, 3.8) is 0 Å². The molecular weight excluding hydrogens is 398 g/mol. The first kappa shape index (κ1) is 21.4. The summed E-state index contributed by atoms with van der Waals surface area (Å²) in [5.74, 6) is -1.98. The number of carbonyl (C=O) groups is 1. The van der Waals surface area contributed by atoms with Crippen LogP contribution in [-0.2, 0) is 10.0 Å². The molecule has 0 aliphatic carbocycles. The number of hydrogen-bond donors (Lipinski definition) is 1. The van der Waals surface area contributed by atoms with Crippen LogP contribution in [0.1, 0.15) is 53.7 Å². The van der Waals surface area contributed by atoms with Gasteiger partial charge in [0.25, 0.3) is 5.91 Å². The van der Waals surface area contributed by atoms with Gasteiger partial charge in [0.05, 0.1) is 10.9 Å². The molecule has 5 nitrogen and oxygen atoms in total. The lowest BCUT2D eigenvalue weighted by Gasteiger charge is -2.26. The Morgan fingerprint density at radius 3 is 2.41 bits per heavy atom. The van der Waals surface area contributed by atoms with E-state index in [9.17, 15) is 22.0 Å². The van der Waals surface area contributed by atoms with Crippen LogP contribution in [0.4, 0.5) is 8.78 Å². The maximum absolute atomic E-state index is 14.0. The number of nitrogens with one attached hydrogen (secondary N) is 1. The van der Waals surface area contributed by atoms with Crippen LogP contribution in [-0.4, -0.2) is 31.7 Å². The van der Waals surface area contributed by atoms with Crippen molar-refractivity contribution in [2.24, 2.45) is 0 Å². The van der Waals surface area contributed by atoms with Gasteiger partial charge < -0.3 is 5.32 Å². The Morgan fingerprint density at radius 2 is 1.76 bits per heavy atom. The normalized spacial score (nSPS) is 16.4. The molecule has 1 N–H and O–H groups in total. The third-order valence-electron chi connectivity index (χ3n) is 5.16. The summed E-state index contributed by atoms with van der Waals surface area (Å²) >= 11 is 0. The molecule has 0 spiro atoms. The number of amides is 1. The lowest BCUT2D eigenvalue weighted by molar-refractivity contribution is 0.0939. The van der Waals surface area contributed by atoms with E-state index in [0.717, 1.165) is 31.4 Å². The summed E-state index contributed by atoms with van der Waals surface area (Å²) in [6.45, 7) is 4.21. The van der Waals surface area contributed by atoms with E-state index in [1.165, 1.54) is 22.5 Å². The standard InChI is InChI=1S/C21H24F2N2O3S/c1-14-6-7-16(12-20(14)29(27,28)25-10-4-3-5-11-25)21(26)24-15(2)18-9-8-17(22)13-19(18)23/h6-9,12-13,15H,3-5,10-11H2,1-2H3,(H,24,26). The van der Waals surface area contributed by atoms with Gasteiger partial charge >= 0.3 is 0 Å². The summed E-state index contributed by atoms with van der Waals surface area (Å²) in [7, 11) is -3.69. The monoisotopic (exact) mass is 422 g/mol. The number of benzene rings is 2. The van der Waals surface area contributed by atoms with E-state index in [-0.39, 0.29) is 16.0 Å². The molecule has 1 amide bonds. The molecular formula is C21H24F2N2O3S. The topological polar surface area (TPSA) is 66.5 Å². The molecule has 2 aromatic carbocycles. The molecule has 2 aromatic rings. The van der Waals surface area contributed by atoms with Gasteiger partial charge in [0.15, 0.2) is 0 Å². The first-order valence-corrected chi connectivity index (χ1v) is 11.0. The fourth-order valence-electron chi connectivity index (χ4n) is 3.47. The first-order valence-electron chi connectivity index (χ1n) is 9.57. The van der Waals surface area contributed by atoms with Gasteiger partial charge in [-0.05, 0) is 50.5 Å². The summed E-state index contributed by atoms with van der Waals surface area (Å²) < 4.78 is 54.5. The zero-order chi connectivity index (χ0) is 21.2. The van der Waals surface area contributed by atoms with E-state index in [1.807, 2.05) is 0 Å². The van der Waals surface area contributed by atoms with E-state index in [4.69, 9.17) is 0 Å². The average molecular weight is 422 g/mol. The van der Waals surface area contributed by atoms with E-state index in [2.05, 4.69) is 5.32 Å². The smallest absolute Gasteiger partial charge is 0.251 e. The Hall–Kier alpha value is -2.32. The molecule has 156 valence electrons. The number of rotatable bonds is 5. The van der Waals surface area contributed by atoms with Crippen molar-refractivity contribution < 1.29 is 22.0 Å². The lowest BCUT2D eigenvalue weighted by Crippen LogP contribution is -2.36. The highest BCUT2D eigenvalue weighted by Gasteiger charge is 2.28. The zero-order valence-electron chi connectivity index (χ0n) is 16.4. The van der Waals surface area contributed by atoms with Crippen LogP contribution in [0.15, 0.2) is 41.3 Å². The van der Waals surface area contributed by atoms with Gasteiger partial charge in [0, 0.05) is 30.3 Å². The molecule has 1 atom stereocenters. The number of aryl methyl sites for hydroxylation is 1. The Morgan fingerprint density at radius 1 is 1.07 bits per heavy atom. The van der Waals surface area contributed by atoms with Crippen LogP contribution in [0.3, 0.4) is 0 Å². The quantitative estimate of drug-likeness (QED) is 0.794. The highest BCUT2D eigenvalue weighted by atomic mass is 32.2. The number of piperidine rings is 1. The predicted octanol–water partition coefficient (Wildman–Crippen LogP) is 3.94. The molecule has 0 aromatic heterocycles. The summed E-state index contributed by atoms with van der Waals surface area (Å²) in [6.07, 6.45) is 2.64. The SMILES string of the molecule is Cc1ccc(C(=O)NC(C)c2ccc(F)cc2F)cc1S(=O)(=O)N1CCCCC1. The van der Waals surface area contributed by atoms with E-state index in [1.54, 1.807) is 19.9 Å². The highest BCUT2D eigenvalue weighted by molar-refractivity contribution is 7.89. The molecule has 0 radical (unpaired) electrons. The summed E-state index contributed by atoms with van der Waals surface area (Å²) in [6, 6.07) is 6.93. The number of hydrogen-bond acceptors (Lipinski definition) is 3. The Labute approximate surface area is 169 Å². The Bertz CT molecular complexity index is 1020.